The van der Waals surface area contributed by atoms with Crippen molar-refractivity contribution in [3.05, 3.63) is 84.4 Å². The van der Waals surface area contributed by atoms with Crippen molar-refractivity contribution in [2.75, 3.05) is 11.9 Å². The highest BCUT2D eigenvalue weighted by Gasteiger charge is 2.23. The second-order valence-electron chi connectivity index (χ2n) is 6.98. The Kier molecular flexibility index (Phi) is 6.82. The van der Waals surface area contributed by atoms with Crippen molar-refractivity contribution >= 4 is 23.5 Å². The van der Waals surface area contributed by atoms with E-state index in [1.54, 1.807) is 56.4 Å². The quantitative estimate of drug-likeness (QED) is 0.437. The fourth-order valence-corrected chi connectivity index (χ4v) is 3.04. The SMILES string of the molecule is CC(=O)Oc1ccc(-c2cccc(C(=O)O[C@H](C)C(=O)N(C)c3ccccc3)c2)cc1. The lowest BCUT2D eigenvalue weighted by molar-refractivity contribution is -0.131. The zero-order valence-electron chi connectivity index (χ0n) is 17.6. The monoisotopic (exact) mass is 417 g/mol. The zero-order chi connectivity index (χ0) is 22.4. The highest BCUT2D eigenvalue weighted by molar-refractivity contribution is 5.99. The van der Waals surface area contributed by atoms with Crippen LogP contribution in [0.25, 0.3) is 11.1 Å². The number of carbonyl (C=O) groups excluding carboxylic acids is 3. The molecule has 0 saturated heterocycles. The molecule has 1 amide bonds. The van der Waals surface area contributed by atoms with Crippen molar-refractivity contribution in [2.45, 2.75) is 20.0 Å². The molecule has 0 aromatic heterocycles. The van der Waals surface area contributed by atoms with E-state index in [1.165, 1.54) is 11.8 Å². The zero-order valence-corrected chi connectivity index (χ0v) is 17.6. The summed E-state index contributed by atoms with van der Waals surface area (Å²) in [5, 5.41) is 0. The third-order valence-electron chi connectivity index (χ3n) is 4.65. The summed E-state index contributed by atoms with van der Waals surface area (Å²) in [6, 6.07) is 23.0. The van der Waals surface area contributed by atoms with Gasteiger partial charge in [0.15, 0.2) is 6.10 Å². The van der Waals surface area contributed by atoms with Crippen LogP contribution in [0.5, 0.6) is 5.75 Å². The molecule has 0 aliphatic rings. The van der Waals surface area contributed by atoms with Crippen LogP contribution in [0, 0.1) is 0 Å². The van der Waals surface area contributed by atoms with Crippen LogP contribution in [0.2, 0.25) is 0 Å². The maximum absolute atomic E-state index is 12.6. The van der Waals surface area contributed by atoms with E-state index in [0.717, 1.165) is 16.8 Å². The standard InChI is InChI=1S/C25H23NO5/c1-17(24(28)26(3)22-10-5-4-6-11-22)30-25(29)21-9-7-8-20(16-21)19-12-14-23(15-13-19)31-18(2)27/h4-17H,1-3H3/t17-/m1/s1. The van der Waals surface area contributed by atoms with Crippen LogP contribution in [0.1, 0.15) is 24.2 Å². The van der Waals surface area contributed by atoms with Crippen molar-refractivity contribution in [1.82, 2.24) is 0 Å². The smallest absolute Gasteiger partial charge is 0.338 e. The van der Waals surface area contributed by atoms with Gasteiger partial charge in [0, 0.05) is 19.7 Å². The van der Waals surface area contributed by atoms with Crippen molar-refractivity contribution in [3.8, 4) is 16.9 Å². The lowest BCUT2D eigenvalue weighted by Gasteiger charge is -2.21. The number of anilines is 1. The molecule has 0 N–H and O–H groups in total. The highest BCUT2D eigenvalue weighted by atomic mass is 16.5. The number of likely N-dealkylation sites (N-methyl/N-ethyl adjacent to an activating group) is 1. The molecule has 0 heterocycles. The Morgan fingerprint density at radius 3 is 2.16 bits per heavy atom. The Labute approximate surface area is 181 Å². The van der Waals surface area contributed by atoms with E-state index in [1.807, 2.05) is 36.4 Å². The van der Waals surface area contributed by atoms with Gasteiger partial charge in [0.25, 0.3) is 5.91 Å². The van der Waals surface area contributed by atoms with Crippen LogP contribution < -0.4 is 9.64 Å². The molecule has 3 aromatic rings. The van der Waals surface area contributed by atoms with Gasteiger partial charge in [-0.25, -0.2) is 4.79 Å². The Balaban J connectivity index is 1.69. The van der Waals surface area contributed by atoms with E-state index in [0.29, 0.717) is 11.3 Å². The van der Waals surface area contributed by atoms with Crippen molar-refractivity contribution in [3.63, 3.8) is 0 Å². The lowest BCUT2D eigenvalue weighted by atomic mass is 10.0. The van der Waals surface area contributed by atoms with E-state index in [4.69, 9.17) is 9.47 Å². The van der Waals surface area contributed by atoms with Crippen molar-refractivity contribution < 1.29 is 23.9 Å². The van der Waals surface area contributed by atoms with Crippen LogP contribution in [-0.2, 0) is 14.3 Å². The van der Waals surface area contributed by atoms with Gasteiger partial charge >= 0.3 is 11.9 Å². The number of carbonyl (C=O) groups is 3. The summed E-state index contributed by atoms with van der Waals surface area (Å²) in [7, 11) is 1.64. The maximum atomic E-state index is 12.6. The Bertz CT molecular complexity index is 1080. The molecule has 0 unspecified atom stereocenters. The molecule has 0 bridgehead atoms. The number of amides is 1. The molecule has 0 radical (unpaired) electrons. The lowest BCUT2D eigenvalue weighted by Crippen LogP contribution is -2.37. The van der Waals surface area contributed by atoms with Crippen LogP contribution in [0.3, 0.4) is 0 Å². The molecule has 31 heavy (non-hydrogen) atoms. The van der Waals surface area contributed by atoms with Gasteiger partial charge in [0.05, 0.1) is 5.56 Å². The predicted octanol–water partition coefficient (Wildman–Crippen LogP) is 4.49. The van der Waals surface area contributed by atoms with E-state index in [-0.39, 0.29) is 11.9 Å². The van der Waals surface area contributed by atoms with Gasteiger partial charge in [0.2, 0.25) is 0 Å². The maximum Gasteiger partial charge on any atom is 0.338 e. The first kappa shape index (κ1) is 21.8. The summed E-state index contributed by atoms with van der Waals surface area (Å²) < 4.78 is 10.4. The molecule has 6 heteroatoms. The molecule has 0 aliphatic carbocycles. The summed E-state index contributed by atoms with van der Waals surface area (Å²) in [5.41, 5.74) is 2.70. The summed E-state index contributed by atoms with van der Waals surface area (Å²) in [4.78, 5) is 37.8. The number of para-hydroxylation sites is 1. The minimum atomic E-state index is -0.940. The van der Waals surface area contributed by atoms with Crippen LogP contribution >= 0.6 is 0 Å². The molecule has 0 aliphatic heterocycles. The molecule has 3 rings (SSSR count). The largest absolute Gasteiger partial charge is 0.449 e. The topological polar surface area (TPSA) is 72.9 Å². The first-order valence-electron chi connectivity index (χ1n) is 9.77. The third-order valence-corrected chi connectivity index (χ3v) is 4.65. The van der Waals surface area contributed by atoms with Crippen molar-refractivity contribution in [1.29, 1.82) is 0 Å². The molecule has 3 aromatic carbocycles. The molecule has 0 saturated carbocycles. The summed E-state index contributed by atoms with van der Waals surface area (Å²) in [5.74, 6) is -0.849. The number of esters is 2. The number of ether oxygens (including phenoxy) is 2. The number of hydrogen-bond acceptors (Lipinski definition) is 5. The van der Waals surface area contributed by atoms with Crippen LogP contribution in [-0.4, -0.2) is 31.0 Å². The van der Waals surface area contributed by atoms with Gasteiger partial charge in [0.1, 0.15) is 5.75 Å². The second-order valence-corrected chi connectivity index (χ2v) is 6.98. The van der Waals surface area contributed by atoms with E-state index in [9.17, 15) is 14.4 Å². The molecule has 158 valence electrons. The van der Waals surface area contributed by atoms with Gasteiger partial charge in [-0.3, -0.25) is 9.59 Å². The van der Waals surface area contributed by atoms with Crippen LogP contribution in [0.15, 0.2) is 78.9 Å². The fraction of sp³-hybridized carbons (Fsp3) is 0.160. The van der Waals surface area contributed by atoms with E-state index in [2.05, 4.69) is 0 Å². The minimum absolute atomic E-state index is 0.322. The molecule has 1 atom stereocenters. The number of nitrogens with zero attached hydrogens (tertiary/aromatic N) is 1. The molecule has 6 nitrogen and oxygen atoms in total. The summed E-state index contributed by atoms with van der Waals surface area (Å²) >= 11 is 0. The molecular weight excluding hydrogens is 394 g/mol. The van der Waals surface area contributed by atoms with E-state index < -0.39 is 12.1 Å². The second kappa shape index (κ2) is 9.71. The fourth-order valence-electron chi connectivity index (χ4n) is 3.04. The number of benzene rings is 3. The average molecular weight is 417 g/mol. The Morgan fingerprint density at radius 2 is 1.52 bits per heavy atom. The normalized spacial score (nSPS) is 11.3. The average Bonchev–Trinajstić information content (AvgIpc) is 2.78. The van der Waals surface area contributed by atoms with E-state index >= 15 is 0 Å². The van der Waals surface area contributed by atoms with Gasteiger partial charge < -0.3 is 14.4 Å². The third kappa shape index (κ3) is 5.57. The minimum Gasteiger partial charge on any atom is -0.449 e. The number of hydrogen-bond donors (Lipinski definition) is 0. The summed E-state index contributed by atoms with van der Waals surface area (Å²) in [6.45, 7) is 2.89. The van der Waals surface area contributed by atoms with Gasteiger partial charge in [-0.2, -0.15) is 0 Å². The number of rotatable bonds is 6. The first-order valence-corrected chi connectivity index (χ1v) is 9.77. The first-order chi connectivity index (χ1) is 14.8. The van der Waals surface area contributed by atoms with Gasteiger partial charge in [-0.05, 0) is 54.4 Å². The summed E-state index contributed by atoms with van der Waals surface area (Å²) in [6.07, 6.45) is -0.940. The highest BCUT2D eigenvalue weighted by Crippen LogP contribution is 2.24. The van der Waals surface area contributed by atoms with Gasteiger partial charge in [-0.1, -0.05) is 42.5 Å². The molecule has 0 fully saturated rings. The molecular formula is C25H23NO5. The van der Waals surface area contributed by atoms with Gasteiger partial charge in [-0.15, -0.1) is 0 Å². The predicted molar refractivity (Wildman–Crippen MR) is 118 cm³/mol. The van der Waals surface area contributed by atoms with Crippen LogP contribution in [0.4, 0.5) is 5.69 Å². The van der Waals surface area contributed by atoms with Crippen molar-refractivity contribution in [2.24, 2.45) is 0 Å². The molecule has 0 spiro atoms. The Hall–Kier alpha value is -3.93. The Morgan fingerprint density at radius 1 is 0.839 bits per heavy atom.